The molecule has 0 unspecified atom stereocenters. The van der Waals surface area contributed by atoms with Gasteiger partial charge in [-0.05, 0) is 48.6 Å². The van der Waals surface area contributed by atoms with Gasteiger partial charge in [0.25, 0.3) is 0 Å². The number of halogens is 12. The minimum atomic E-state index is -5.09. The number of hydrogen-bond donors (Lipinski definition) is 0. The minimum absolute atomic E-state index is 0.672. The number of ether oxygens (including phenoxy) is 4. The molecule has 0 radical (unpaired) electrons. The van der Waals surface area contributed by atoms with Crippen LogP contribution < -0.4 is 0 Å². The molecular weight excluding hydrogens is 796 g/mol. The van der Waals surface area contributed by atoms with Crippen LogP contribution in [-0.4, -0.2) is 97.9 Å². The number of carbonyl (C=O) groups excluding carboxylic acids is 4. The Hall–Kier alpha value is -6.36. The third-order valence-electron chi connectivity index (χ3n) is 6.89. The molecule has 5 rings (SSSR count). The van der Waals surface area contributed by atoms with Crippen molar-refractivity contribution in [3.05, 3.63) is 93.7 Å². The molecule has 0 aromatic heterocycles. The number of fused-ring (bicyclic) bond motifs is 4. The first-order chi connectivity index (χ1) is 25.9. The molecule has 8 bridgehead atoms. The van der Waals surface area contributed by atoms with E-state index in [0.29, 0.717) is 0 Å². The molecule has 12 nitrogen and oxygen atoms in total. The van der Waals surface area contributed by atoms with Crippen molar-refractivity contribution >= 4 is 46.7 Å². The molecule has 5 heterocycles. The van der Waals surface area contributed by atoms with Crippen molar-refractivity contribution in [2.75, 3.05) is 26.4 Å². The normalized spacial score (nSPS) is 18.1. The summed E-state index contributed by atoms with van der Waals surface area (Å²) < 4.78 is 174. The SMILES string of the molecule is O=C(OCC(F)(F)F)C1=C2C=CC(=N2)C(C(=O)OCC(F)(F)F)=C2C=CC(=N2)C(C(=O)OCC(F)(F)F)=C2C=CC(=N2)C(C(=O)OCC(F)(F)F)=C2C=CC1=N2. The number of carbonyl (C=O) groups is 4. The molecule has 5 aliphatic rings. The van der Waals surface area contributed by atoms with Crippen molar-refractivity contribution in [3.63, 3.8) is 0 Å². The summed E-state index contributed by atoms with van der Waals surface area (Å²) in [6.45, 7) is -8.71. The summed E-state index contributed by atoms with van der Waals surface area (Å²) in [4.78, 5) is 68.4. The van der Waals surface area contributed by atoms with Gasteiger partial charge in [-0.1, -0.05) is 0 Å². The second-order valence-electron chi connectivity index (χ2n) is 11.1. The lowest BCUT2D eigenvalue weighted by Crippen LogP contribution is -2.25. The van der Waals surface area contributed by atoms with Crippen molar-refractivity contribution in [2.45, 2.75) is 24.7 Å². The fraction of sp³-hybridized carbons (Fsp3) is 0.250. The quantitative estimate of drug-likeness (QED) is 0.177. The first-order valence-electron chi connectivity index (χ1n) is 14.9. The van der Waals surface area contributed by atoms with Gasteiger partial charge in [0.2, 0.25) is 0 Å². The van der Waals surface area contributed by atoms with Crippen LogP contribution in [-0.2, 0) is 38.1 Å². The maximum atomic E-state index is 13.1. The molecule has 0 aromatic rings. The maximum Gasteiger partial charge on any atom is 0.422 e. The highest BCUT2D eigenvalue weighted by Crippen LogP contribution is 2.33. The van der Waals surface area contributed by atoms with Crippen LogP contribution >= 0.6 is 0 Å². The van der Waals surface area contributed by atoms with Crippen LogP contribution in [0.5, 0.6) is 0 Å². The van der Waals surface area contributed by atoms with E-state index in [4.69, 9.17) is 0 Å². The van der Waals surface area contributed by atoms with E-state index in [1.807, 2.05) is 0 Å². The second-order valence-corrected chi connectivity index (χ2v) is 11.1. The number of alkyl halides is 12. The van der Waals surface area contributed by atoms with Crippen molar-refractivity contribution in [1.82, 2.24) is 0 Å². The molecule has 296 valence electrons. The number of nitrogens with zero attached hydrogens (tertiary/aromatic N) is 4. The van der Waals surface area contributed by atoms with Gasteiger partial charge in [0.05, 0.1) is 45.6 Å². The lowest BCUT2D eigenvalue weighted by atomic mass is 10.1. The fourth-order valence-corrected chi connectivity index (χ4v) is 4.80. The van der Waals surface area contributed by atoms with E-state index in [1.54, 1.807) is 0 Å². The molecule has 0 fully saturated rings. The summed E-state index contributed by atoms with van der Waals surface area (Å²) in [5.41, 5.74) is -9.09. The Balaban J connectivity index is 1.80. The molecule has 56 heavy (non-hydrogen) atoms. The van der Waals surface area contributed by atoms with Crippen LogP contribution in [0.3, 0.4) is 0 Å². The Morgan fingerprint density at radius 1 is 0.357 bits per heavy atom. The van der Waals surface area contributed by atoms with Crippen LogP contribution in [0.1, 0.15) is 0 Å². The molecule has 0 aromatic carbocycles. The zero-order chi connectivity index (χ0) is 41.4. The van der Waals surface area contributed by atoms with Crippen molar-refractivity contribution in [3.8, 4) is 0 Å². The largest absolute Gasteiger partial charge is 0.452 e. The van der Waals surface area contributed by atoms with Gasteiger partial charge >= 0.3 is 48.6 Å². The van der Waals surface area contributed by atoms with Crippen LogP contribution in [0.25, 0.3) is 0 Å². The van der Waals surface area contributed by atoms with Crippen molar-refractivity contribution in [1.29, 1.82) is 0 Å². The number of allylic oxidation sites excluding steroid dienone is 8. The molecule has 5 aliphatic heterocycles. The van der Waals surface area contributed by atoms with E-state index < -0.39 is 143 Å². The molecular formula is C32H16F12N4O8. The van der Waals surface area contributed by atoms with Crippen LogP contribution in [0.2, 0.25) is 0 Å². The maximum absolute atomic E-state index is 13.1. The van der Waals surface area contributed by atoms with Gasteiger partial charge in [-0.2, -0.15) is 52.7 Å². The van der Waals surface area contributed by atoms with E-state index in [1.165, 1.54) is 0 Å². The van der Waals surface area contributed by atoms with Gasteiger partial charge in [0, 0.05) is 0 Å². The number of hydrogen-bond acceptors (Lipinski definition) is 12. The van der Waals surface area contributed by atoms with Crippen LogP contribution in [0.4, 0.5) is 52.7 Å². The molecule has 0 aliphatic carbocycles. The Bertz CT molecular complexity index is 1860. The van der Waals surface area contributed by atoms with Crippen molar-refractivity contribution < 1.29 is 90.8 Å². The van der Waals surface area contributed by atoms with Crippen LogP contribution in [0.15, 0.2) is 114 Å². The highest BCUT2D eigenvalue weighted by Gasteiger charge is 2.38. The van der Waals surface area contributed by atoms with E-state index in [-0.39, 0.29) is 0 Å². The smallest absolute Gasteiger partial charge is 0.422 e. The number of esters is 4. The summed E-state index contributed by atoms with van der Waals surface area (Å²) in [5, 5.41) is 0. The van der Waals surface area contributed by atoms with E-state index in [0.717, 1.165) is 48.6 Å². The third kappa shape index (κ3) is 10.0. The molecule has 0 saturated carbocycles. The van der Waals surface area contributed by atoms with Gasteiger partial charge < -0.3 is 18.9 Å². The highest BCUT2D eigenvalue weighted by molar-refractivity contribution is 6.33. The topological polar surface area (TPSA) is 155 Å². The lowest BCUT2D eigenvalue weighted by Gasteiger charge is -2.13. The second kappa shape index (κ2) is 15.1. The predicted molar refractivity (Wildman–Crippen MR) is 162 cm³/mol. The van der Waals surface area contributed by atoms with Gasteiger partial charge in [-0.25, -0.2) is 39.1 Å². The van der Waals surface area contributed by atoms with Crippen molar-refractivity contribution in [2.24, 2.45) is 20.0 Å². The lowest BCUT2D eigenvalue weighted by molar-refractivity contribution is -0.183. The van der Waals surface area contributed by atoms with Gasteiger partial charge in [0.1, 0.15) is 22.3 Å². The molecule has 0 spiro atoms. The zero-order valence-corrected chi connectivity index (χ0v) is 27.0. The molecule has 0 amide bonds. The number of rotatable bonds is 8. The van der Waals surface area contributed by atoms with E-state index in [9.17, 15) is 71.9 Å². The summed E-state index contributed by atoms with van der Waals surface area (Å²) in [7, 11) is 0. The standard InChI is InChI=1S/C32H16F12N4O8/c33-29(34,35)9-53-25(49)21-13-1-2-14(45-13)22(26(50)54-10-30(36,37)38)16-5-6-18(47-16)24(28(52)56-12-32(42,43)44)20-8-7-19(48-20)23(17-4-3-15(21)46-17)27(51)55-11-31(39,40)41/h1-8H,9-12H2. The average Bonchev–Trinajstić information content (AvgIpc) is 3.90. The third-order valence-corrected chi connectivity index (χ3v) is 6.89. The Kier molecular flexibility index (Phi) is 11.0. The fourth-order valence-electron chi connectivity index (χ4n) is 4.80. The molecule has 0 atom stereocenters. The predicted octanol–water partition coefficient (Wildman–Crippen LogP) is 5.48. The average molecular weight is 812 g/mol. The molecule has 0 N–H and O–H groups in total. The zero-order valence-electron chi connectivity index (χ0n) is 27.0. The first-order valence-corrected chi connectivity index (χ1v) is 14.9. The Morgan fingerprint density at radius 2 is 0.536 bits per heavy atom. The minimum Gasteiger partial charge on any atom is -0.452 e. The Morgan fingerprint density at radius 3 is 0.696 bits per heavy atom. The summed E-state index contributed by atoms with van der Waals surface area (Å²) in [5.74, 6) is -7.17. The van der Waals surface area contributed by atoms with E-state index >= 15 is 0 Å². The summed E-state index contributed by atoms with van der Waals surface area (Å²) in [6.07, 6.45) is -13.5. The van der Waals surface area contributed by atoms with Gasteiger partial charge in [0.15, 0.2) is 26.4 Å². The Labute approximate surface area is 302 Å². The summed E-state index contributed by atoms with van der Waals surface area (Å²) >= 11 is 0. The van der Waals surface area contributed by atoms with E-state index in [2.05, 4.69) is 38.9 Å². The number of aliphatic imine (C=N–C) groups is 4. The van der Waals surface area contributed by atoms with Crippen LogP contribution in [0, 0.1) is 0 Å². The monoisotopic (exact) mass is 812 g/mol. The van der Waals surface area contributed by atoms with Gasteiger partial charge in [-0.15, -0.1) is 0 Å². The van der Waals surface area contributed by atoms with Gasteiger partial charge in [-0.3, -0.25) is 0 Å². The first kappa shape index (κ1) is 40.8. The highest BCUT2D eigenvalue weighted by atomic mass is 19.4. The molecule has 24 heteroatoms. The molecule has 0 saturated heterocycles. The summed E-state index contributed by atoms with van der Waals surface area (Å²) in [6, 6.07) is 0.